The summed E-state index contributed by atoms with van der Waals surface area (Å²) in [5.74, 6) is -1.27. The lowest BCUT2D eigenvalue weighted by atomic mass is 10.2. The molecule has 0 unspecified atom stereocenters. The fourth-order valence-corrected chi connectivity index (χ4v) is 1.39. The van der Waals surface area contributed by atoms with Crippen LogP contribution in [0, 0.1) is 6.92 Å². The van der Waals surface area contributed by atoms with Gasteiger partial charge in [-0.1, -0.05) is 12.1 Å². The molecule has 3 N–H and O–H groups in total. The van der Waals surface area contributed by atoms with Crippen LogP contribution in [0.5, 0.6) is 0 Å². The van der Waals surface area contributed by atoms with E-state index in [1.54, 1.807) is 18.2 Å². The summed E-state index contributed by atoms with van der Waals surface area (Å²) < 4.78 is 0. The summed E-state index contributed by atoms with van der Waals surface area (Å²) in [4.78, 5) is 23.7. The minimum atomic E-state index is -1.30. The molecule has 2 amide bonds. The summed E-state index contributed by atoms with van der Waals surface area (Å²) in [5, 5.41) is 19.8. The summed E-state index contributed by atoms with van der Waals surface area (Å²) >= 11 is 0. The van der Waals surface area contributed by atoms with Crippen molar-refractivity contribution in [1.29, 1.82) is 0 Å². The van der Waals surface area contributed by atoms with Gasteiger partial charge < -0.3 is 15.5 Å². The molecule has 0 radical (unpaired) electrons. The number of carbonyl (C=O) groups is 2. The molecule has 0 aliphatic carbocycles. The third kappa shape index (κ3) is 3.46. The number of hydrogen-bond donors (Lipinski definition) is 3. The molecular formula is C12H16N2O4. The number of nitrogens with zero attached hydrogens (tertiary/aromatic N) is 1. The van der Waals surface area contributed by atoms with Crippen LogP contribution < -0.4 is 10.2 Å². The van der Waals surface area contributed by atoms with Crippen molar-refractivity contribution < 1.29 is 19.8 Å². The zero-order chi connectivity index (χ0) is 13.7. The van der Waals surface area contributed by atoms with Crippen LogP contribution in [-0.2, 0) is 4.79 Å². The lowest BCUT2D eigenvalue weighted by Gasteiger charge is -2.20. The molecule has 0 spiro atoms. The molecular weight excluding hydrogens is 236 g/mol. The molecule has 0 saturated heterocycles. The van der Waals surface area contributed by atoms with Crippen molar-refractivity contribution in [2.75, 3.05) is 18.6 Å². The van der Waals surface area contributed by atoms with Gasteiger partial charge in [0.1, 0.15) is 0 Å². The Morgan fingerprint density at radius 2 is 2.11 bits per heavy atom. The van der Waals surface area contributed by atoms with Gasteiger partial charge in [0.15, 0.2) is 6.04 Å². The molecule has 18 heavy (non-hydrogen) atoms. The molecule has 1 aromatic rings. The average molecular weight is 252 g/mol. The zero-order valence-electron chi connectivity index (χ0n) is 10.3. The van der Waals surface area contributed by atoms with E-state index in [9.17, 15) is 9.59 Å². The molecule has 0 aliphatic rings. The van der Waals surface area contributed by atoms with Crippen molar-refractivity contribution in [1.82, 2.24) is 5.32 Å². The third-order valence-electron chi connectivity index (χ3n) is 2.47. The molecule has 0 aliphatic heterocycles. The van der Waals surface area contributed by atoms with Crippen LogP contribution in [0.3, 0.4) is 0 Å². The van der Waals surface area contributed by atoms with Crippen LogP contribution in [0.1, 0.15) is 5.56 Å². The molecule has 0 heterocycles. The Morgan fingerprint density at radius 3 is 2.61 bits per heavy atom. The lowest BCUT2D eigenvalue weighted by Crippen LogP contribution is -2.48. The predicted octanol–water partition coefficient (Wildman–Crippen LogP) is 0.586. The Bertz CT molecular complexity index is 447. The van der Waals surface area contributed by atoms with Crippen LogP contribution in [-0.4, -0.2) is 41.9 Å². The standard InChI is InChI=1S/C12H16N2O4/c1-8-4-3-5-9(6-8)14(2)12(18)13-10(7-15)11(16)17/h3-6,10,15H,7H2,1-2H3,(H,13,18)(H,16,17)/t10-/m1/s1. The van der Waals surface area contributed by atoms with Gasteiger partial charge in [-0.3, -0.25) is 4.90 Å². The topological polar surface area (TPSA) is 89.9 Å². The van der Waals surface area contributed by atoms with E-state index in [-0.39, 0.29) is 0 Å². The van der Waals surface area contributed by atoms with Gasteiger partial charge in [0, 0.05) is 12.7 Å². The lowest BCUT2D eigenvalue weighted by molar-refractivity contribution is -0.140. The Hall–Kier alpha value is -2.08. The molecule has 98 valence electrons. The van der Waals surface area contributed by atoms with Crippen LogP contribution in [0.15, 0.2) is 24.3 Å². The maximum atomic E-state index is 11.8. The van der Waals surface area contributed by atoms with Gasteiger partial charge in [0.2, 0.25) is 0 Å². The molecule has 6 nitrogen and oxygen atoms in total. The number of hydrogen-bond acceptors (Lipinski definition) is 3. The number of urea groups is 1. The number of aliphatic hydroxyl groups is 1. The fraction of sp³-hybridized carbons (Fsp3) is 0.333. The summed E-state index contributed by atoms with van der Waals surface area (Å²) in [6.07, 6.45) is 0. The number of amides is 2. The Labute approximate surface area is 105 Å². The van der Waals surface area contributed by atoms with Gasteiger partial charge in [-0.2, -0.15) is 0 Å². The number of benzene rings is 1. The van der Waals surface area contributed by atoms with E-state index < -0.39 is 24.6 Å². The van der Waals surface area contributed by atoms with Crippen molar-refractivity contribution >= 4 is 17.7 Å². The van der Waals surface area contributed by atoms with E-state index >= 15 is 0 Å². The van der Waals surface area contributed by atoms with E-state index in [4.69, 9.17) is 10.2 Å². The molecule has 0 saturated carbocycles. The van der Waals surface area contributed by atoms with Crippen LogP contribution in [0.2, 0.25) is 0 Å². The summed E-state index contributed by atoms with van der Waals surface area (Å²) in [6, 6.07) is 5.35. The number of rotatable bonds is 4. The first kappa shape index (κ1) is 14.0. The molecule has 1 atom stereocenters. The Kier molecular flexibility index (Phi) is 4.67. The van der Waals surface area contributed by atoms with Gasteiger partial charge in [0.25, 0.3) is 0 Å². The first-order chi connectivity index (χ1) is 8.45. The van der Waals surface area contributed by atoms with Gasteiger partial charge in [-0.15, -0.1) is 0 Å². The van der Waals surface area contributed by atoms with Crippen molar-refractivity contribution in [3.05, 3.63) is 29.8 Å². The average Bonchev–Trinajstić information content (AvgIpc) is 2.34. The number of aliphatic hydroxyl groups excluding tert-OH is 1. The SMILES string of the molecule is Cc1cccc(N(C)C(=O)N[C@H](CO)C(=O)O)c1. The van der Waals surface area contributed by atoms with Gasteiger partial charge in [-0.25, -0.2) is 9.59 Å². The summed E-state index contributed by atoms with van der Waals surface area (Å²) in [6.45, 7) is 1.24. The number of anilines is 1. The van der Waals surface area contributed by atoms with E-state index in [1.807, 2.05) is 13.0 Å². The highest BCUT2D eigenvalue weighted by molar-refractivity contribution is 5.94. The first-order valence-electron chi connectivity index (χ1n) is 5.40. The minimum Gasteiger partial charge on any atom is -0.480 e. The first-order valence-corrected chi connectivity index (χ1v) is 5.40. The van der Waals surface area contributed by atoms with Crippen LogP contribution >= 0.6 is 0 Å². The molecule has 0 bridgehead atoms. The maximum Gasteiger partial charge on any atom is 0.328 e. The number of carboxylic acids is 1. The predicted molar refractivity (Wildman–Crippen MR) is 66.6 cm³/mol. The van der Waals surface area contributed by atoms with E-state index in [2.05, 4.69) is 5.32 Å². The monoisotopic (exact) mass is 252 g/mol. The summed E-state index contributed by atoms with van der Waals surface area (Å²) in [7, 11) is 1.53. The third-order valence-corrected chi connectivity index (χ3v) is 2.47. The van der Waals surface area contributed by atoms with Crippen molar-refractivity contribution in [3.8, 4) is 0 Å². The Morgan fingerprint density at radius 1 is 1.44 bits per heavy atom. The quantitative estimate of drug-likeness (QED) is 0.731. The number of carbonyl (C=O) groups excluding carboxylic acids is 1. The van der Waals surface area contributed by atoms with Gasteiger partial charge >= 0.3 is 12.0 Å². The number of carboxylic acid groups (broad SMARTS) is 1. The molecule has 6 heteroatoms. The molecule has 1 rings (SSSR count). The van der Waals surface area contributed by atoms with E-state index in [0.29, 0.717) is 5.69 Å². The number of aryl methyl sites for hydroxylation is 1. The molecule has 0 fully saturated rings. The van der Waals surface area contributed by atoms with E-state index in [1.165, 1.54) is 11.9 Å². The second-order valence-corrected chi connectivity index (χ2v) is 3.92. The van der Waals surface area contributed by atoms with E-state index in [0.717, 1.165) is 5.56 Å². The number of aliphatic carboxylic acids is 1. The largest absolute Gasteiger partial charge is 0.480 e. The van der Waals surface area contributed by atoms with Crippen molar-refractivity contribution in [3.63, 3.8) is 0 Å². The molecule has 0 aromatic heterocycles. The van der Waals surface area contributed by atoms with Crippen molar-refractivity contribution in [2.45, 2.75) is 13.0 Å². The van der Waals surface area contributed by atoms with Crippen molar-refractivity contribution in [2.24, 2.45) is 0 Å². The van der Waals surface area contributed by atoms with Gasteiger partial charge in [-0.05, 0) is 24.6 Å². The highest BCUT2D eigenvalue weighted by atomic mass is 16.4. The second kappa shape index (κ2) is 6.02. The summed E-state index contributed by atoms with van der Waals surface area (Å²) in [5.41, 5.74) is 1.64. The van der Waals surface area contributed by atoms with Crippen LogP contribution in [0.25, 0.3) is 0 Å². The maximum absolute atomic E-state index is 11.8. The smallest absolute Gasteiger partial charge is 0.328 e. The normalized spacial score (nSPS) is 11.7. The van der Waals surface area contributed by atoms with Gasteiger partial charge in [0.05, 0.1) is 6.61 Å². The highest BCUT2D eigenvalue weighted by Gasteiger charge is 2.21. The Balaban J connectivity index is 2.75. The minimum absolute atomic E-state index is 0.581. The molecule has 1 aromatic carbocycles. The highest BCUT2D eigenvalue weighted by Crippen LogP contribution is 2.14. The number of nitrogens with one attached hydrogen (secondary N) is 1. The van der Waals surface area contributed by atoms with Crippen LogP contribution in [0.4, 0.5) is 10.5 Å². The fourth-order valence-electron chi connectivity index (χ4n) is 1.39. The second-order valence-electron chi connectivity index (χ2n) is 3.92. The zero-order valence-corrected chi connectivity index (χ0v) is 10.3.